The third-order valence-corrected chi connectivity index (χ3v) is 5.99. The molecule has 2 aromatic carbocycles. The van der Waals surface area contributed by atoms with Crippen LogP contribution >= 0.6 is 11.3 Å². The van der Waals surface area contributed by atoms with Crippen LogP contribution in [0.3, 0.4) is 0 Å². The second-order valence-electron chi connectivity index (χ2n) is 7.39. The van der Waals surface area contributed by atoms with E-state index in [1.54, 1.807) is 6.92 Å². The summed E-state index contributed by atoms with van der Waals surface area (Å²) in [5, 5.41) is 5.31. The minimum absolute atomic E-state index is 0.154. The molecule has 0 aliphatic heterocycles. The van der Waals surface area contributed by atoms with E-state index in [1.165, 1.54) is 16.9 Å². The number of carbonyl (C=O) groups excluding carboxylic acids is 2. The minimum Gasteiger partial charge on any atom is -0.493 e. The van der Waals surface area contributed by atoms with E-state index in [0.717, 1.165) is 28.9 Å². The van der Waals surface area contributed by atoms with Crippen molar-refractivity contribution in [1.82, 2.24) is 0 Å². The van der Waals surface area contributed by atoms with Crippen molar-refractivity contribution in [1.29, 1.82) is 0 Å². The number of hydrogen-bond donors (Lipinski definition) is 1. The summed E-state index contributed by atoms with van der Waals surface area (Å²) in [5.74, 6) is 0.245. The zero-order valence-corrected chi connectivity index (χ0v) is 19.6. The van der Waals surface area contributed by atoms with Gasteiger partial charge in [0, 0.05) is 17.4 Å². The van der Waals surface area contributed by atoms with E-state index in [1.807, 2.05) is 48.7 Å². The topological polar surface area (TPSA) is 64.6 Å². The summed E-state index contributed by atoms with van der Waals surface area (Å²) in [7, 11) is 0. The van der Waals surface area contributed by atoms with Gasteiger partial charge < -0.3 is 14.8 Å². The van der Waals surface area contributed by atoms with Gasteiger partial charge in [-0.05, 0) is 49.4 Å². The van der Waals surface area contributed by atoms with Gasteiger partial charge in [0.1, 0.15) is 16.3 Å². The van der Waals surface area contributed by atoms with Gasteiger partial charge in [-0.3, -0.25) is 4.79 Å². The molecule has 0 radical (unpaired) electrons. The molecular weight excluding hydrogens is 422 g/mol. The normalized spacial score (nSPS) is 10.6. The van der Waals surface area contributed by atoms with Gasteiger partial charge in [-0.15, -0.1) is 11.3 Å². The number of ether oxygens (including phenoxy) is 2. The number of nitrogens with one attached hydrogen (secondary N) is 1. The second-order valence-corrected chi connectivity index (χ2v) is 8.27. The Morgan fingerprint density at radius 3 is 2.47 bits per heavy atom. The van der Waals surface area contributed by atoms with E-state index in [0.29, 0.717) is 30.0 Å². The Kier molecular flexibility index (Phi) is 8.45. The molecule has 0 atom stereocenters. The average Bonchev–Trinajstić information content (AvgIpc) is 3.21. The van der Waals surface area contributed by atoms with Crippen molar-refractivity contribution in [3.05, 3.63) is 70.6 Å². The van der Waals surface area contributed by atoms with Crippen LogP contribution in [0.15, 0.2) is 53.9 Å². The standard InChI is InChI=1S/C26H29NO4S/c1-4-19-12-14-20(15-13-19)21-17-32-25(24(21)26(29)30-5-2)27-23(28)11-8-16-31-22-10-7-6-9-18(22)3/h6-7,9-10,12-15,17H,4-5,8,11,16H2,1-3H3,(H,27,28). The Hall–Kier alpha value is -3.12. The van der Waals surface area contributed by atoms with Crippen LogP contribution in [-0.4, -0.2) is 25.1 Å². The van der Waals surface area contributed by atoms with E-state index in [-0.39, 0.29) is 12.5 Å². The Morgan fingerprint density at radius 2 is 1.78 bits per heavy atom. The van der Waals surface area contributed by atoms with Crippen molar-refractivity contribution in [3.8, 4) is 16.9 Å². The molecular formula is C26H29NO4S. The van der Waals surface area contributed by atoms with E-state index in [4.69, 9.17) is 9.47 Å². The van der Waals surface area contributed by atoms with Crippen molar-refractivity contribution >= 4 is 28.2 Å². The summed E-state index contributed by atoms with van der Waals surface area (Å²) in [6.07, 6.45) is 1.82. The quantitative estimate of drug-likeness (QED) is 0.292. The molecule has 0 fully saturated rings. The molecule has 1 amide bonds. The van der Waals surface area contributed by atoms with Crippen LogP contribution in [-0.2, 0) is 16.0 Å². The lowest BCUT2D eigenvalue weighted by Crippen LogP contribution is -2.15. The Labute approximate surface area is 193 Å². The first-order valence-corrected chi connectivity index (χ1v) is 11.8. The highest BCUT2D eigenvalue weighted by Gasteiger charge is 2.22. The molecule has 6 heteroatoms. The molecule has 5 nitrogen and oxygen atoms in total. The van der Waals surface area contributed by atoms with Gasteiger partial charge >= 0.3 is 5.97 Å². The highest BCUT2D eigenvalue weighted by Crippen LogP contribution is 2.36. The van der Waals surface area contributed by atoms with Crippen LogP contribution in [0.2, 0.25) is 0 Å². The van der Waals surface area contributed by atoms with Crippen LogP contribution in [0.4, 0.5) is 5.00 Å². The van der Waals surface area contributed by atoms with Crippen LogP contribution in [0, 0.1) is 6.92 Å². The number of esters is 1. The Bertz CT molecular complexity index is 1060. The second kappa shape index (κ2) is 11.5. The molecule has 0 aliphatic rings. The van der Waals surface area contributed by atoms with Gasteiger partial charge in [0.05, 0.1) is 13.2 Å². The van der Waals surface area contributed by atoms with Crippen molar-refractivity contribution < 1.29 is 19.1 Å². The summed E-state index contributed by atoms with van der Waals surface area (Å²) >= 11 is 1.34. The SMILES string of the molecule is CCOC(=O)c1c(-c2ccc(CC)cc2)csc1NC(=O)CCCOc1ccccc1C. The fraction of sp³-hybridized carbons (Fsp3) is 0.308. The van der Waals surface area contributed by atoms with E-state index in [9.17, 15) is 9.59 Å². The zero-order valence-electron chi connectivity index (χ0n) is 18.8. The molecule has 3 aromatic rings. The molecule has 168 valence electrons. The molecule has 0 unspecified atom stereocenters. The Balaban J connectivity index is 1.66. The van der Waals surface area contributed by atoms with Crippen LogP contribution in [0.5, 0.6) is 5.75 Å². The lowest BCUT2D eigenvalue weighted by molar-refractivity contribution is -0.116. The van der Waals surface area contributed by atoms with Gasteiger partial charge in [0.25, 0.3) is 0 Å². The molecule has 0 saturated carbocycles. The van der Waals surface area contributed by atoms with Crippen LogP contribution in [0.1, 0.15) is 48.2 Å². The summed E-state index contributed by atoms with van der Waals surface area (Å²) in [4.78, 5) is 25.2. The predicted molar refractivity (Wildman–Crippen MR) is 130 cm³/mol. The molecule has 0 spiro atoms. The molecule has 1 heterocycles. The smallest absolute Gasteiger partial charge is 0.341 e. The number of anilines is 1. The first-order chi connectivity index (χ1) is 15.5. The van der Waals surface area contributed by atoms with Crippen LogP contribution < -0.4 is 10.1 Å². The van der Waals surface area contributed by atoms with Crippen molar-refractivity contribution in [2.75, 3.05) is 18.5 Å². The largest absolute Gasteiger partial charge is 0.493 e. The minimum atomic E-state index is -0.429. The first-order valence-electron chi connectivity index (χ1n) is 10.9. The number of hydrogen-bond acceptors (Lipinski definition) is 5. The first kappa shape index (κ1) is 23.5. The average molecular weight is 452 g/mol. The van der Waals surface area contributed by atoms with Crippen molar-refractivity contribution in [3.63, 3.8) is 0 Å². The van der Waals surface area contributed by atoms with Crippen molar-refractivity contribution in [2.24, 2.45) is 0 Å². The number of thiophene rings is 1. The number of benzene rings is 2. The van der Waals surface area contributed by atoms with Gasteiger partial charge in [0.15, 0.2) is 0 Å². The highest BCUT2D eigenvalue weighted by molar-refractivity contribution is 7.15. The molecule has 1 N–H and O–H groups in total. The fourth-order valence-electron chi connectivity index (χ4n) is 3.31. The third-order valence-electron chi connectivity index (χ3n) is 5.10. The van der Waals surface area contributed by atoms with E-state index in [2.05, 4.69) is 24.4 Å². The van der Waals surface area contributed by atoms with E-state index < -0.39 is 5.97 Å². The summed E-state index contributed by atoms with van der Waals surface area (Å²) in [5.41, 5.74) is 4.39. The maximum atomic E-state index is 12.7. The predicted octanol–water partition coefficient (Wildman–Crippen LogP) is 6.26. The number of amides is 1. The fourth-order valence-corrected chi connectivity index (χ4v) is 4.28. The maximum Gasteiger partial charge on any atom is 0.341 e. The molecule has 3 rings (SSSR count). The van der Waals surface area contributed by atoms with Gasteiger partial charge in [-0.1, -0.05) is 49.4 Å². The van der Waals surface area contributed by atoms with Gasteiger partial charge in [0.2, 0.25) is 5.91 Å². The van der Waals surface area contributed by atoms with Gasteiger partial charge in [-0.25, -0.2) is 4.79 Å². The molecule has 0 saturated heterocycles. The molecule has 0 bridgehead atoms. The lowest BCUT2D eigenvalue weighted by atomic mass is 10.0. The highest BCUT2D eigenvalue weighted by atomic mass is 32.1. The lowest BCUT2D eigenvalue weighted by Gasteiger charge is -2.10. The number of aryl methyl sites for hydroxylation is 2. The molecule has 32 heavy (non-hydrogen) atoms. The third kappa shape index (κ3) is 5.98. The Morgan fingerprint density at radius 1 is 1.03 bits per heavy atom. The summed E-state index contributed by atoms with van der Waals surface area (Å²) in [6, 6.07) is 15.9. The maximum absolute atomic E-state index is 12.7. The van der Waals surface area contributed by atoms with Crippen molar-refractivity contribution in [2.45, 2.75) is 40.0 Å². The van der Waals surface area contributed by atoms with E-state index >= 15 is 0 Å². The monoisotopic (exact) mass is 451 g/mol. The summed E-state index contributed by atoms with van der Waals surface area (Å²) in [6.45, 7) is 6.58. The van der Waals surface area contributed by atoms with Gasteiger partial charge in [-0.2, -0.15) is 0 Å². The molecule has 1 aromatic heterocycles. The zero-order chi connectivity index (χ0) is 22.9. The number of para-hydroxylation sites is 1. The molecule has 0 aliphatic carbocycles. The number of rotatable bonds is 10. The summed E-state index contributed by atoms with van der Waals surface area (Å²) < 4.78 is 11.0. The van der Waals surface area contributed by atoms with Crippen LogP contribution in [0.25, 0.3) is 11.1 Å². The number of carbonyl (C=O) groups is 2.